The molecule has 0 bridgehead atoms. The van der Waals surface area contributed by atoms with E-state index in [1.807, 2.05) is 12.1 Å². The molecule has 0 saturated carbocycles. The third kappa shape index (κ3) is 11.8. The Hall–Kier alpha value is -5.10. The standard InChI is InChI=1S/C38H55N9O12S2/c1-35(2,3)56-31(50)38(9,26-14-12-22-17-21(11-13-25(22)55-26)23-18-41-32(42-19-23)40-16-10-15-39)58-46-27(24-20-60-33(43-24)45-34(51)57-36(4,5)6)29(48)44-28-30(49)47(37(28,7)8)59-61(52,53)54/h11,13,17,20,23,26,28H,10,12,14-16,18-19,39H2,1-9H3,(H,44,48)(H2,40,41,42)(H,43,45,51)(H,52,53,54)/b46-27-/t26-,28?,38?/m1/s1. The van der Waals surface area contributed by atoms with Gasteiger partial charge in [-0.05, 0) is 105 Å². The Bertz CT molecular complexity index is 2160. The summed E-state index contributed by atoms with van der Waals surface area (Å²) in [5, 5.41) is 17.5. The summed E-state index contributed by atoms with van der Waals surface area (Å²) in [6.45, 7) is 16.8. The number of guanidine groups is 1. The van der Waals surface area contributed by atoms with Crippen LogP contribution in [0.3, 0.4) is 0 Å². The van der Waals surface area contributed by atoms with Crippen LogP contribution in [-0.2, 0) is 49.8 Å². The molecule has 336 valence electrons. The Labute approximate surface area is 358 Å². The Balaban J connectivity index is 1.43. The number of fused-ring (bicyclic) bond motifs is 1. The summed E-state index contributed by atoms with van der Waals surface area (Å²) in [4.78, 5) is 68.7. The van der Waals surface area contributed by atoms with Gasteiger partial charge in [0.15, 0.2) is 22.9 Å². The molecule has 1 aromatic carbocycles. The largest absolute Gasteiger partial charge is 0.485 e. The molecule has 3 amide bonds. The lowest BCUT2D eigenvalue weighted by Gasteiger charge is -2.50. The van der Waals surface area contributed by atoms with Gasteiger partial charge in [0, 0.05) is 24.4 Å². The fraction of sp³-hybridized carbons (Fsp3) is 0.605. The molecule has 7 N–H and O–H groups in total. The average molecular weight is 894 g/mol. The topological polar surface area (TPSA) is 284 Å². The number of aromatic nitrogens is 1. The molecule has 0 aliphatic carbocycles. The number of anilines is 1. The van der Waals surface area contributed by atoms with E-state index < -0.39 is 74.5 Å². The van der Waals surface area contributed by atoms with Crippen molar-refractivity contribution in [1.29, 1.82) is 0 Å². The number of benzene rings is 1. The molecule has 3 unspecified atom stereocenters. The van der Waals surface area contributed by atoms with E-state index in [1.165, 1.54) is 26.2 Å². The number of hydrogen-bond acceptors (Lipinski definition) is 18. The summed E-state index contributed by atoms with van der Waals surface area (Å²) in [6, 6.07) is 4.44. The first kappa shape index (κ1) is 47.0. The predicted octanol–water partition coefficient (Wildman–Crippen LogP) is 2.53. The average Bonchev–Trinajstić information content (AvgIpc) is 3.61. The first-order chi connectivity index (χ1) is 28.3. The van der Waals surface area contributed by atoms with Gasteiger partial charge < -0.3 is 40.7 Å². The number of carbonyl (C=O) groups excluding carboxylic acids is 4. The normalized spacial score (nSPS) is 21.3. The highest BCUT2D eigenvalue weighted by atomic mass is 32.3. The fourth-order valence-corrected chi connectivity index (χ4v) is 7.58. The Morgan fingerprint density at radius 3 is 2.44 bits per heavy atom. The quantitative estimate of drug-likeness (QED) is 0.0397. The number of rotatable bonds is 14. The number of esters is 1. The summed E-state index contributed by atoms with van der Waals surface area (Å²) in [7, 11) is -5.08. The number of amides is 3. The van der Waals surface area contributed by atoms with Crippen LogP contribution in [0.2, 0.25) is 0 Å². The zero-order valence-electron chi connectivity index (χ0n) is 35.6. The number of aliphatic imine (C=N–C) groups is 1. The molecule has 2 aromatic rings. The van der Waals surface area contributed by atoms with Crippen molar-refractivity contribution in [3.63, 3.8) is 0 Å². The van der Waals surface area contributed by atoms with E-state index >= 15 is 0 Å². The number of nitrogens with two attached hydrogens (primary N) is 1. The van der Waals surface area contributed by atoms with Crippen molar-refractivity contribution in [3.05, 3.63) is 40.4 Å². The summed E-state index contributed by atoms with van der Waals surface area (Å²) >= 11 is 0.915. The van der Waals surface area contributed by atoms with E-state index in [2.05, 4.69) is 46.7 Å². The second-order valence-corrected chi connectivity index (χ2v) is 19.2. The van der Waals surface area contributed by atoms with E-state index in [1.54, 1.807) is 41.5 Å². The number of carbonyl (C=O) groups is 4. The number of nitrogens with zero attached hydrogens (tertiary/aromatic N) is 4. The van der Waals surface area contributed by atoms with Crippen molar-refractivity contribution in [1.82, 2.24) is 26.0 Å². The van der Waals surface area contributed by atoms with Crippen LogP contribution >= 0.6 is 11.3 Å². The zero-order valence-corrected chi connectivity index (χ0v) is 37.2. The van der Waals surface area contributed by atoms with Crippen molar-refractivity contribution < 1.29 is 55.5 Å². The third-order valence-corrected chi connectivity index (χ3v) is 10.7. The molecule has 4 atom stereocenters. The second kappa shape index (κ2) is 18.1. The van der Waals surface area contributed by atoms with Crippen molar-refractivity contribution in [2.24, 2.45) is 15.9 Å². The van der Waals surface area contributed by atoms with Gasteiger partial charge in [-0.2, -0.15) is 13.5 Å². The molecule has 23 heteroatoms. The highest BCUT2D eigenvalue weighted by molar-refractivity contribution is 7.80. The van der Waals surface area contributed by atoms with Gasteiger partial charge in [0.2, 0.25) is 0 Å². The number of nitrogens with one attached hydrogen (secondary N) is 4. The highest BCUT2D eigenvalue weighted by Crippen LogP contribution is 2.37. The maximum absolute atomic E-state index is 14.1. The summed E-state index contributed by atoms with van der Waals surface area (Å²) in [5.74, 6) is -1.54. The van der Waals surface area contributed by atoms with E-state index in [4.69, 9.17) is 24.8 Å². The van der Waals surface area contributed by atoms with Gasteiger partial charge in [-0.3, -0.25) is 24.5 Å². The van der Waals surface area contributed by atoms with Crippen molar-refractivity contribution >= 4 is 62.4 Å². The molecule has 21 nitrogen and oxygen atoms in total. The van der Waals surface area contributed by atoms with E-state index in [0.717, 1.165) is 41.4 Å². The molecule has 5 rings (SSSR count). The third-order valence-electron chi connectivity index (χ3n) is 9.60. The van der Waals surface area contributed by atoms with E-state index in [-0.39, 0.29) is 23.2 Å². The minimum absolute atomic E-state index is 0.00875. The van der Waals surface area contributed by atoms with Gasteiger partial charge in [-0.1, -0.05) is 17.3 Å². The van der Waals surface area contributed by atoms with Crippen LogP contribution in [0.25, 0.3) is 0 Å². The van der Waals surface area contributed by atoms with Gasteiger partial charge in [0.25, 0.3) is 17.4 Å². The van der Waals surface area contributed by atoms with Crippen molar-refractivity contribution in [3.8, 4) is 5.75 Å². The monoisotopic (exact) mass is 893 g/mol. The lowest BCUT2D eigenvalue weighted by Crippen LogP contribution is -2.76. The Morgan fingerprint density at radius 1 is 1.13 bits per heavy atom. The van der Waals surface area contributed by atoms with Gasteiger partial charge in [-0.25, -0.2) is 14.6 Å². The highest BCUT2D eigenvalue weighted by Gasteiger charge is 2.58. The SMILES string of the molecule is CC(C)(C)OC(=O)Nc1nc(/C(=N/OC(C)(C(=O)OC(C)(C)C)[C@H]2CCc3cc(C4CN=C(NCCCN)NC4)ccc3O2)C(=O)NC2C(=O)N(OS(=O)(=O)O)C2(C)C)cs1. The summed E-state index contributed by atoms with van der Waals surface area (Å²) in [6.07, 6.45) is -0.228. The molecule has 1 aromatic heterocycles. The van der Waals surface area contributed by atoms with Gasteiger partial charge in [0.1, 0.15) is 28.7 Å². The van der Waals surface area contributed by atoms with Crippen LogP contribution < -0.4 is 31.7 Å². The Kier molecular flexibility index (Phi) is 13.9. The molecule has 0 spiro atoms. The fourth-order valence-electron chi connectivity index (χ4n) is 6.44. The molecule has 1 saturated heterocycles. The molecule has 61 heavy (non-hydrogen) atoms. The zero-order chi connectivity index (χ0) is 45.1. The number of hydrogen-bond donors (Lipinski definition) is 6. The summed E-state index contributed by atoms with van der Waals surface area (Å²) < 4.78 is 54.0. The van der Waals surface area contributed by atoms with Gasteiger partial charge in [0.05, 0.1) is 12.1 Å². The van der Waals surface area contributed by atoms with Crippen molar-refractivity contribution in [2.75, 3.05) is 31.5 Å². The lowest BCUT2D eigenvalue weighted by molar-refractivity contribution is -0.218. The number of thiazole rings is 1. The van der Waals surface area contributed by atoms with Crippen LogP contribution in [0.5, 0.6) is 5.75 Å². The van der Waals surface area contributed by atoms with E-state index in [0.29, 0.717) is 36.9 Å². The maximum Gasteiger partial charge on any atom is 0.418 e. The van der Waals surface area contributed by atoms with Crippen LogP contribution in [0.15, 0.2) is 33.7 Å². The molecule has 0 radical (unpaired) electrons. The number of oxime groups is 1. The number of ether oxygens (including phenoxy) is 3. The molecular formula is C38H55N9O12S2. The molecule has 3 aliphatic rings. The van der Waals surface area contributed by atoms with Crippen molar-refractivity contribution in [2.45, 2.75) is 122 Å². The Morgan fingerprint density at radius 2 is 1.84 bits per heavy atom. The molecule has 3 aliphatic heterocycles. The first-order valence-corrected chi connectivity index (χ1v) is 21.8. The van der Waals surface area contributed by atoms with Crippen LogP contribution in [0.1, 0.15) is 97.9 Å². The van der Waals surface area contributed by atoms with Crippen LogP contribution in [-0.4, -0.2) is 119 Å². The number of hydroxylamine groups is 2. The first-order valence-electron chi connectivity index (χ1n) is 19.6. The lowest BCUT2D eigenvalue weighted by atomic mass is 9.84. The molecular weight excluding hydrogens is 839 g/mol. The minimum Gasteiger partial charge on any atom is -0.485 e. The molecule has 4 heterocycles. The maximum atomic E-state index is 14.1. The number of β-lactam (4-membered cyclic amide) rings is 1. The van der Waals surface area contributed by atoms with E-state index in [9.17, 15) is 32.1 Å². The number of aryl methyl sites for hydroxylation is 1. The van der Waals surface area contributed by atoms with Crippen LogP contribution in [0.4, 0.5) is 9.93 Å². The molecule has 1 fully saturated rings. The van der Waals surface area contributed by atoms with Gasteiger partial charge in [-0.15, -0.1) is 15.6 Å². The van der Waals surface area contributed by atoms with Crippen LogP contribution in [0, 0.1) is 0 Å². The minimum atomic E-state index is -5.08. The van der Waals surface area contributed by atoms with Gasteiger partial charge >= 0.3 is 22.5 Å². The second-order valence-electron chi connectivity index (χ2n) is 17.3. The predicted molar refractivity (Wildman–Crippen MR) is 223 cm³/mol. The smallest absolute Gasteiger partial charge is 0.418 e. The summed E-state index contributed by atoms with van der Waals surface area (Å²) in [5.41, 5.74) is 1.61.